The van der Waals surface area contributed by atoms with Crippen molar-refractivity contribution in [2.24, 2.45) is 0 Å². The number of nitrogens with zero attached hydrogens (tertiary/aromatic N) is 5. The zero-order valence-corrected chi connectivity index (χ0v) is 21.1. The summed E-state index contributed by atoms with van der Waals surface area (Å²) in [6.07, 6.45) is 5.31. The van der Waals surface area contributed by atoms with Gasteiger partial charge in [0, 0.05) is 49.6 Å². The minimum atomic E-state index is -0.269. The van der Waals surface area contributed by atoms with E-state index < -0.39 is 0 Å². The van der Waals surface area contributed by atoms with E-state index in [9.17, 15) is 14.4 Å². The Bertz CT molecular complexity index is 1380. The van der Waals surface area contributed by atoms with E-state index >= 15 is 0 Å². The molecule has 38 heavy (non-hydrogen) atoms. The van der Waals surface area contributed by atoms with E-state index in [-0.39, 0.29) is 23.8 Å². The lowest BCUT2D eigenvalue weighted by molar-refractivity contribution is -0.129. The monoisotopic (exact) mass is 516 g/mol. The number of amides is 3. The van der Waals surface area contributed by atoms with Gasteiger partial charge in [0.15, 0.2) is 5.82 Å². The van der Waals surface area contributed by atoms with E-state index in [1.165, 1.54) is 0 Å². The van der Waals surface area contributed by atoms with Crippen molar-refractivity contribution in [2.45, 2.75) is 57.7 Å². The normalized spacial score (nSPS) is 19.3. The number of pyridine rings is 1. The summed E-state index contributed by atoms with van der Waals surface area (Å²) in [7, 11) is 0. The van der Waals surface area contributed by atoms with Gasteiger partial charge >= 0.3 is 0 Å². The van der Waals surface area contributed by atoms with Crippen LogP contribution in [0.2, 0.25) is 0 Å². The molecule has 11 heteroatoms. The molecule has 1 atom stereocenters. The number of hydrogen-bond acceptors (Lipinski definition) is 8. The van der Waals surface area contributed by atoms with Crippen molar-refractivity contribution < 1.29 is 23.6 Å². The van der Waals surface area contributed by atoms with E-state index in [0.717, 1.165) is 24.8 Å². The molecule has 0 spiro atoms. The van der Waals surface area contributed by atoms with Gasteiger partial charge in [-0.05, 0) is 50.5 Å². The van der Waals surface area contributed by atoms with Crippen molar-refractivity contribution in [3.63, 3.8) is 0 Å². The highest BCUT2D eigenvalue weighted by atomic mass is 16.5. The number of rotatable bonds is 8. The summed E-state index contributed by atoms with van der Waals surface area (Å²) in [5, 5.41) is 6.78. The second-order valence-electron chi connectivity index (χ2n) is 10.0. The van der Waals surface area contributed by atoms with E-state index in [2.05, 4.69) is 20.4 Å². The second kappa shape index (κ2) is 9.88. The van der Waals surface area contributed by atoms with Gasteiger partial charge in [0.25, 0.3) is 11.8 Å². The molecular formula is C27H28N6O5. The molecule has 3 amide bonds. The summed E-state index contributed by atoms with van der Waals surface area (Å²) in [5.41, 5.74) is 1.71. The first-order chi connectivity index (χ1) is 18.4. The minimum absolute atomic E-state index is 0.0964. The summed E-state index contributed by atoms with van der Waals surface area (Å²) in [6.45, 7) is 3.35. The molecule has 1 unspecified atom stereocenters. The van der Waals surface area contributed by atoms with Gasteiger partial charge in [-0.2, -0.15) is 4.98 Å². The third-order valence-corrected chi connectivity index (χ3v) is 7.05. The van der Waals surface area contributed by atoms with Crippen molar-refractivity contribution >= 4 is 17.7 Å². The van der Waals surface area contributed by atoms with Crippen molar-refractivity contribution in [1.29, 1.82) is 0 Å². The first-order valence-corrected chi connectivity index (χ1v) is 12.9. The standard InChI is InChI=1S/C27H28N6O5/c1-16-29-27(38-31-16)22-9-8-21(13-28-22)37-23-11-17(4-5-18(23)14-32-10-2-3-24(32)34)26(36)30-19-12-25(35)33(15-19)20-6-7-20/h4-5,8-9,11,13,19-20H,2-3,6-7,10,12,14-15H2,1H3,(H,30,36). The molecular weight excluding hydrogens is 488 g/mol. The number of aromatic nitrogens is 3. The van der Waals surface area contributed by atoms with Crippen LogP contribution in [0.5, 0.6) is 11.5 Å². The van der Waals surface area contributed by atoms with Crippen molar-refractivity contribution in [2.75, 3.05) is 13.1 Å². The first kappa shape index (κ1) is 24.1. The van der Waals surface area contributed by atoms with E-state index in [1.807, 2.05) is 11.0 Å². The Kier molecular flexibility index (Phi) is 6.26. The van der Waals surface area contributed by atoms with Gasteiger partial charge in [0.1, 0.15) is 17.2 Å². The third-order valence-electron chi connectivity index (χ3n) is 7.05. The molecule has 1 N–H and O–H groups in total. The highest BCUT2D eigenvalue weighted by Gasteiger charge is 2.39. The number of nitrogens with one attached hydrogen (secondary N) is 1. The fraction of sp³-hybridized carbons (Fsp3) is 0.407. The fourth-order valence-electron chi connectivity index (χ4n) is 4.93. The average molecular weight is 517 g/mol. The number of hydrogen-bond donors (Lipinski definition) is 1. The first-order valence-electron chi connectivity index (χ1n) is 12.9. The molecule has 3 aliphatic rings. The number of likely N-dealkylation sites (tertiary alicyclic amines) is 2. The second-order valence-corrected chi connectivity index (χ2v) is 10.0. The third kappa shape index (κ3) is 5.09. The fourth-order valence-corrected chi connectivity index (χ4v) is 4.93. The van der Waals surface area contributed by atoms with Crippen molar-refractivity contribution in [3.05, 3.63) is 53.5 Å². The van der Waals surface area contributed by atoms with E-state index in [4.69, 9.17) is 9.26 Å². The molecule has 2 saturated heterocycles. The highest BCUT2D eigenvalue weighted by molar-refractivity contribution is 5.95. The maximum Gasteiger partial charge on any atom is 0.276 e. The van der Waals surface area contributed by atoms with Crippen LogP contribution < -0.4 is 10.1 Å². The van der Waals surface area contributed by atoms with Crippen LogP contribution in [0.15, 0.2) is 41.1 Å². The van der Waals surface area contributed by atoms with Gasteiger partial charge in [-0.1, -0.05) is 11.2 Å². The van der Waals surface area contributed by atoms with Crippen LogP contribution in [-0.2, 0) is 16.1 Å². The summed E-state index contributed by atoms with van der Waals surface area (Å²) < 4.78 is 11.3. The lowest BCUT2D eigenvalue weighted by Gasteiger charge is -2.19. The number of carbonyl (C=O) groups is 3. The molecule has 2 aliphatic heterocycles. The Morgan fingerprint density at radius 3 is 2.74 bits per heavy atom. The zero-order valence-electron chi connectivity index (χ0n) is 21.1. The predicted octanol–water partition coefficient (Wildman–Crippen LogP) is 2.85. The quantitative estimate of drug-likeness (QED) is 0.484. The lowest BCUT2D eigenvalue weighted by atomic mass is 10.1. The van der Waals surface area contributed by atoms with Gasteiger partial charge in [-0.3, -0.25) is 14.4 Å². The molecule has 2 aromatic heterocycles. The molecule has 6 rings (SSSR count). The number of aryl methyl sites for hydroxylation is 1. The van der Waals surface area contributed by atoms with E-state index in [0.29, 0.717) is 73.0 Å². The zero-order chi connectivity index (χ0) is 26.2. The Labute approximate surface area is 219 Å². The SMILES string of the molecule is Cc1noc(-c2ccc(Oc3cc(C(=O)NC4CC(=O)N(C5CC5)C4)ccc3CN3CCCC3=O)cn2)n1. The summed E-state index contributed by atoms with van der Waals surface area (Å²) >= 11 is 0. The Balaban J connectivity index is 1.21. The Morgan fingerprint density at radius 2 is 2.05 bits per heavy atom. The average Bonchev–Trinajstić information content (AvgIpc) is 3.36. The van der Waals surface area contributed by atoms with Crippen molar-refractivity contribution in [1.82, 2.24) is 30.2 Å². The Morgan fingerprint density at radius 1 is 1.18 bits per heavy atom. The number of benzene rings is 1. The molecule has 0 bridgehead atoms. The van der Waals surface area contributed by atoms with Gasteiger partial charge < -0.3 is 24.4 Å². The molecule has 3 fully saturated rings. The number of ether oxygens (including phenoxy) is 1. The molecule has 4 heterocycles. The molecule has 3 aromatic rings. The topological polar surface area (TPSA) is 131 Å². The molecule has 1 saturated carbocycles. The van der Waals surface area contributed by atoms with Gasteiger partial charge in [0.05, 0.1) is 12.2 Å². The van der Waals surface area contributed by atoms with Crippen LogP contribution in [0.1, 0.15) is 53.8 Å². The molecule has 1 aliphatic carbocycles. The van der Waals surface area contributed by atoms with Gasteiger partial charge in [-0.25, -0.2) is 4.98 Å². The molecule has 1 aromatic carbocycles. The summed E-state index contributed by atoms with van der Waals surface area (Å²) in [5.74, 6) is 1.67. The maximum absolute atomic E-state index is 13.1. The van der Waals surface area contributed by atoms with Crippen molar-refractivity contribution in [3.8, 4) is 23.1 Å². The number of carbonyl (C=O) groups excluding carboxylic acids is 3. The van der Waals surface area contributed by atoms with Crippen LogP contribution in [0.4, 0.5) is 0 Å². The molecule has 196 valence electrons. The van der Waals surface area contributed by atoms with Crippen LogP contribution in [0.3, 0.4) is 0 Å². The van der Waals surface area contributed by atoms with Gasteiger partial charge in [-0.15, -0.1) is 0 Å². The molecule has 11 nitrogen and oxygen atoms in total. The Hall–Kier alpha value is -4.28. The lowest BCUT2D eigenvalue weighted by Crippen LogP contribution is -2.37. The van der Waals surface area contributed by atoms with Crippen LogP contribution in [0, 0.1) is 6.92 Å². The van der Waals surface area contributed by atoms with Crippen LogP contribution in [0.25, 0.3) is 11.6 Å². The summed E-state index contributed by atoms with van der Waals surface area (Å²) in [4.78, 5) is 49.9. The predicted molar refractivity (Wildman–Crippen MR) is 134 cm³/mol. The minimum Gasteiger partial charge on any atom is -0.455 e. The van der Waals surface area contributed by atoms with E-state index in [1.54, 1.807) is 42.3 Å². The van der Waals surface area contributed by atoms with Gasteiger partial charge in [0.2, 0.25) is 11.8 Å². The summed E-state index contributed by atoms with van der Waals surface area (Å²) in [6, 6.07) is 8.78. The smallest absolute Gasteiger partial charge is 0.276 e. The van der Waals surface area contributed by atoms with Crippen LogP contribution in [-0.4, -0.2) is 67.8 Å². The molecule has 0 radical (unpaired) electrons. The highest BCUT2D eigenvalue weighted by Crippen LogP contribution is 2.32. The van der Waals surface area contributed by atoms with Crippen LogP contribution >= 0.6 is 0 Å². The largest absolute Gasteiger partial charge is 0.455 e. The maximum atomic E-state index is 13.1.